The average Bonchev–Trinajstić information content (AvgIpc) is 2.84. The van der Waals surface area contributed by atoms with Crippen LogP contribution in [0.25, 0.3) is 0 Å². The van der Waals surface area contributed by atoms with Crippen LogP contribution in [0.3, 0.4) is 0 Å². The zero-order valence-corrected chi connectivity index (χ0v) is 11.4. The number of ether oxygens (including phenoxy) is 1. The second-order valence-electron chi connectivity index (χ2n) is 5.16. The summed E-state index contributed by atoms with van der Waals surface area (Å²) in [6, 6.07) is 9.55. The molecule has 0 aromatic heterocycles. The first-order chi connectivity index (χ1) is 8.79. The lowest BCUT2D eigenvalue weighted by molar-refractivity contribution is 0.185. The smallest absolute Gasteiger partial charge is 0.0733 e. The fourth-order valence-corrected chi connectivity index (χ4v) is 2.65. The van der Waals surface area contributed by atoms with Gasteiger partial charge >= 0.3 is 0 Å². The molecule has 3 nitrogen and oxygen atoms in total. The Morgan fingerprint density at radius 3 is 3.00 bits per heavy atom. The number of rotatable bonds is 6. The van der Waals surface area contributed by atoms with Crippen molar-refractivity contribution < 1.29 is 4.74 Å². The molecule has 18 heavy (non-hydrogen) atoms. The minimum atomic E-state index is 0.485. The summed E-state index contributed by atoms with van der Waals surface area (Å²) in [5.41, 5.74) is 2.43. The van der Waals surface area contributed by atoms with Gasteiger partial charge in [-0.3, -0.25) is 0 Å². The maximum absolute atomic E-state index is 5.23. The van der Waals surface area contributed by atoms with Crippen LogP contribution in [0, 0.1) is 0 Å². The van der Waals surface area contributed by atoms with Crippen LogP contribution in [0.4, 0.5) is 5.69 Å². The number of hydrogen-bond donors (Lipinski definition) is 2. The molecule has 0 saturated carbocycles. The van der Waals surface area contributed by atoms with Gasteiger partial charge in [0, 0.05) is 30.4 Å². The molecule has 2 N–H and O–H groups in total. The predicted molar refractivity (Wildman–Crippen MR) is 75.9 cm³/mol. The third kappa shape index (κ3) is 3.72. The van der Waals surface area contributed by atoms with E-state index in [1.807, 2.05) is 0 Å². The largest absolute Gasteiger partial charge is 0.382 e. The van der Waals surface area contributed by atoms with Crippen molar-refractivity contribution in [2.75, 3.05) is 19.0 Å². The van der Waals surface area contributed by atoms with Gasteiger partial charge in [0.1, 0.15) is 0 Å². The van der Waals surface area contributed by atoms with Crippen molar-refractivity contribution in [1.29, 1.82) is 0 Å². The molecule has 2 rings (SSSR count). The first kappa shape index (κ1) is 13.4. The molecule has 1 aromatic carbocycles. The van der Waals surface area contributed by atoms with E-state index in [0.29, 0.717) is 18.7 Å². The van der Waals surface area contributed by atoms with Crippen LogP contribution in [0.1, 0.15) is 31.7 Å². The summed E-state index contributed by atoms with van der Waals surface area (Å²) in [6.07, 6.45) is 3.81. The Morgan fingerprint density at radius 2 is 2.28 bits per heavy atom. The standard InChI is InChI=1S/C15H24N2O/c1-12(10-14-7-5-9-16-14)17-15-8-4-3-6-13(15)11-18-2/h3-4,6,8,12,14,16-17H,5,7,9-11H2,1-2H3. The molecule has 1 fully saturated rings. The zero-order chi connectivity index (χ0) is 12.8. The van der Waals surface area contributed by atoms with Crippen LogP contribution in [0.5, 0.6) is 0 Å². The monoisotopic (exact) mass is 248 g/mol. The summed E-state index contributed by atoms with van der Waals surface area (Å²) in [5.74, 6) is 0. The highest BCUT2D eigenvalue weighted by molar-refractivity contribution is 5.51. The second-order valence-corrected chi connectivity index (χ2v) is 5.16. The number of benzene rings is 1. The number of nitrogens with one attached hydrogen (secondary N) is 2. The summed E-state index contributed by atoms with van der Waals surface area (Å²) >= 11 is 0. The van der Waals surface area contributed by atoms with Gasteiger partial charge in [-0.25, -0.2) is 0 Å². The van der Waals surface area contributed by atoms with E-state index in [4.69, 9.17) is 4.74 Å². The van der Waals surface area contributed by atoms with E-state index < -0.39 is 0 Å². The van der Waals surface area contributed by atoms with E-state index in [-0.39, 0.29) is 0 Å². The van der Waals surface area contributed by atoms with Crippen LogP contribution >= 0.6 is 0 Å². The highest BCUT2D eigenvalue weighted by Gasteiger charge is 2.17. The normalized spacial score (nSPS) is 20.9. The van der Waals surface area contributed by atoms with Crippen molar-refractivity contribution in [2.24, 2.45) is 0 Å². The molecule has 0 radical (unpaired) electrons. The Kier molecular flexibility index (Phi) is 5.02. The van der Waals surface area contributed by atoms with E-state index in [1.54, 1.807) is 7.11 Å². The molecule has 0 amide bonds. The summed E-state index contributed by atoms with van der Waals surface area (Å²) in [6.45, 7) is 4.10. The van der Waals surface area contributed by atoms with Crippen molar-refractivity contribution >= 4 is 5.69 Å². The van der Waals surface area contributed by atoms with Gasteiger partial charge in [0.15, 0.2) is 0 Å². The molecule has 0 spiro atoms. The minimum Gasteiger partial charge on any atom is -0.382 e. The van der Waals surface area contributed by atoms with E-state index in [0.717, 1.165) is 0 Å². The lowest BCUT2D eigenvalue weighted by atomic mass is 10.1. The third-order valence-electron chi connectivity index (χ3n) is 3.52. The van der Waals surface area contributed by atoms with Gasteiger partial charge < -0.3 is 15.4 Å². The quantitative estimate of drug-likeness (QED) is 0.812. The highest BCUT2D eigenvalue weighted by atomic mass is 16.5. The lowest BCUT2D eigenvalue weighted by Crippen LogP contribution is -2.29. The third-order valence-corrected chi connectivity index (χ3v) is 3.52. The molecular formula is C15H24N2O. The number of hydrogen-bond acceptors (Lipinski definition) is 3. The van der Waals surface area contributed by atoms with Crippen LogP contribution < -0.4 is 10.6 Å². The van der Waals surface area contributed by atoms with Gasteiger partial charge in [0.25, 0.3) is 0 Å². The van der Waals surface area contributed by atoms with Gasteiger partial charge in [-0.2, -0.15) is 0 Å². The maximum Gasteiger partial charge on any atom is 0.0733 e. The topological polar surface area (TPSA) is 33.3 Å². The van der Waals surface area contributed by atoms with Crippen LogP contribution in [0.2, 0.25) is 0 Å². The second kappa shape index (κ2) is 6.76. The maximum atomic E-state index is 5.23. The minimum absolute atomic E-state index is 0.485. The van der Waals surface area contributed by atoms with Crippen molar-refractivity contribution in [3.63, 3.8) is 0 Å². The summed E-state index contributed by atoms with van der Waals surface area (Å²) in [5, 5.41) is 7.15. The number of para-hydroxylation sites is 1. The highest BCUT2D eigenvalue weighted by Crippen LogP contribution is 2.19. The molecule has 2 unspecified atom stereocenters. The molecule has 100 valence electrons. The first-order valence-corrected chi connectivity index (χ1v) is 6.86. The Labute approximate surface area is 110 Å². The van der Waals surface area contributed by atoms with Crippen molar-refractivity contribution in [3.8, 4) is 0 Å². The SMILES string of the molecule is COCc1ccccc1NC(C)CC1CCCN1. The molecule has 1 saturated heterocycles. The van der Waals surface area contributed by atoms with Gasteiger partial charge in [-0.05, 0) is 38.8 Å². The van der Waals surface area contributed by atoms with Gasteiger partial charge in [-0.15, -0.1) is 0 Å². The molecule has 1 aliphatic heterocycles. The Hall–Kier alpha value is -1.06. The molecule has 1 aromatic rings. The number of methoxy groups -OCH3 is 1. The summed E-state index contributed by atoms with van der Waals surface area (Å²) in [4.78, 5) is 0. The van der Waals surface area contributed by atoms with Crippen molar-refractivity contribution in [2.45, 2.75) is 44.9 Å². The van der Waals surface area contributed by atoms with E-state index >= 15 is 0 Å². The van der Waals surface area contributed by atoms with Gasteiger partial charge in [0.05, 0.1) is 6.61 Å². The molecule has 0 bridgehead atoms. The van der Waals surface area contributed by atoms with Crippen molar-refractivity contribution in [1.82, 2.24) is 5.32 Å². The van der Waals surface area contributed by atoms with Gasteiger partial charge in [-0.1, -0.05) is 18.2 Å². The molecule has 2 atom stereocenters. The number of anilines is 1. The summed E-state index contributed by atoms with van der Waals surface area (Å²) < 4.78 is 5.23. The van der Waals surface area contributed by atoms with E-state index in [9.17, 15) is 0 Å². The van der Waals surface area contributed by atoms with Crippen LogP contribution in [-0.4, -0.2) is 25.7 Å². The lowest BCUT2D eigenvalue weighted by Gasteiger charge is -2.21. The van der Waals surface area contributed by atoms with Crippen molar-refractivity contribution in [3.05, 3.63) is 29.8 Å². The Morgan fingerprint density at radius 1 is 1.44 bits per heavy atom. The van der Waals surface area contributed by atoms with E-state index in [1.165, 1.54) is 37.1 Å². The molecular weight excluding hydrogens is 224 g/mol. The first-order valence-electron chi connectivity index (χ1n) is 6.86. The van der Waals surface area contributed by atoms with Gasteiger partial charge in [0.2, 0.25) is 0 Å². The molecule has 1 aliphatic rings. The molecule has 3 heteroatoms. The Balaban J connectivity index is 1.90. The average molecular weight is 248 g/mol. The molecule has 0 aliphatic carbocycles. The van der Waals surface area contributed by atoms with Crippen LogP contribution in [0.15, 0.2) is 24.3 Å². The zero-order valence-electron chi connectivity index (χ0n) is 11.4. The summed E-state index contributed by atoms with van der Waals surface area (Å²) in [7, 11) is 1.74. The fraction of sp³-hybridized carbons (Fsp3) is 0.600. The van der Waals surface area contributed by atoms with E-state index in [2.05, 4.69) is 41.8 Å². The fourth-order valence-electron chi connectivity index (χ4n) is 2.65. The Bertz CT molecular complexity index is 361. The molecule has 1 heterocycles. The predicted octanol–water partition coefficient (Wildman–Crippen LogP) is 2.78. The van der Waals surface area contributed by atoms with Crippen LogP contribution in [-0.2, 0) is 11.3 Å².